The highest BCUT2D eigenvalue weighted by atomic mass is 32.2. The second kappa shape index (κ2) is 7.57. The van der Waals surface area contributed by atoms with Gasteiger partial charge < -0.3 is 10.0 Å². The first-order valence-corrected chi connectivity index (χ1v) is 11.5. The van der Waals surface area contributed by atoms with Crippen molar-refractivity contribution in [2.24, 2.45) is 7.05 Å². The molecule has 0 fully saturated rings. The highest BCUT2D eigenvalue weighted by Crippen LogP contribution is 2.28. The van der Waals surface area contributed by atoms with Crippen molar-refractivity contribution in [1.29, 1.82) is 0 Å². The number of aryl methyl sites for hydroxylation is 1. The van der Waals surface area contributed by atoms with Crippen molar-refractivity contribution in [2.45, 2.75) is 23.9 Å². The van der Waals surface area contributed by atoms with Crippen LogP contribution < -0.4 is 0 Å². The third-order valence-corrected chi connectivity index (χ3v) is 7.35. The maximum atomic E-state index is 13.1. The summed E-state index contributed by atoms with van der Waals surface area (Å²) in [4.78, 5) is 14.7. The molecule has 0 saturated heterocycles. The predicted molar refractivity (Wildman–Crippen MR) is 116 cm³/mol. The molecule has 32 heavy (non-hydrogen) atoms. The zero-order chi connectivity index (χ0) is 22.5. The molecule has 1 amide bonds. The van der Waals surface area contributed by atoms with Crippen molar-refractivity contribution >= 4 is 26.8 Å². The summed E-state index contributed by atoms with van der Waals surface area (Å²) in [5.74, 6) is -0.880. The Kier molecular flexibility index (Phi) is 4.83. The normalized spacial score (nSPS) is 14.6. The zero-order valence-electron chi connectivity index (χ0n) is 17.3. The van der Waals surface area contributed by atoms with Gasteiger partial charge in [0.1, 0.15) is 0 Å². The number of hydrogen-bond donors (Lipinski definition) is 1. The number of aromatic nitrogens is 4. The number of aliphatic hydroxyl groups excluding tert-OH is 1. The van der Waals surface area contributed by atoms with E-state index >= 15 is 0 Å². The van der Waals surface area contributed by atoms with Crippen molar-refractivity contribution in [3.05, 3.63) is 77.7 Å². The number of nitrogens with zero attached hydrogens (tertiary/aromatic N) is 5. The van der Waals surface area contributed by atoms with E-state index in [2.05, 4.69) is 10.2 Å². The molecule has 3 heterocycles. The van der Waals surface area contributed by atoms with E-state index < -0.39 is 15.9 Å². The van der Waals surface area contributed by atoms with Crippen LogP contribution in [0.5, 0.6) is 0 Å². The zero-order valence-corrected chi connectivity index (χ0v) is 18.1. The van der Waals surface area contributed by atoms with E-state index in [0.717, 1.165) is 15.0 Å². The van der Waals surface area contributed by atoms with Crippen molar-refractivity contribution in [1.82, 2.24) is 23.9 Å². The van der Waals surface area contributed by atoms with Crippen LogP contribution >= 0.6 is 0 Å². The summed E-state index contributed by atoms with van der Waals surface area (Å²) in [6.07, 6.45) is 3.14. The first-order chi connectivity index (χ1) is 15.4. The van der Waals surface area contributed by atoms with E-state index in [1.165, 1.54) is 12.3 Å². The third-order valence-electron chi connectivity index (χ3n) is 5.82. The Morgan fingerprint density at radius 2 is 1.94 bits per heavy atom. The van der Waals surface area contributed by atoms with Gasteiger partial charge in [0.25, 0.3) is 10.0 Å². The molecule has 1 aliphatic heterocycles. The smallest absolute Gasteiger partial charge is 0.283 e. The Balaban J connectivity index is 1.39. The Morgan fingerprint density at radius 1 is 1.16 bits per heavy atom. The van der Waals surface area contributed by atoms with Crippen LogP contribution in [0.15, 0.2) is 65.8 Å². The molecule has 5 rings (SSSR count). The van der Waals surface area contributed by atoms with E-state index in [1.807, 2.05) is 18.2 Å². The summed E-state index contributed by atoms with van der Waals surface area (Å²) in [5, 5.41) is 19.0. The first kappa shape index (κ1) is 20.4. The summed E-state index contributed by atoms with van der Waals surface area (Å²) in [6, 6.07) is 13.9. The lowest BCUT2D eigenvalue weighted by Crippen LogP contribution is -2.33. The van der Waals surface area contributed by atoms with Gasteiger partial charge in [0, 0.05) is 30.7 Å². The molecular formula is C22H21N5O4S. The molecule has 4 aromatic rings. The van der Waals surface area contributed by atoms with Crippen LogP contribution in [0.2, 0.25) is 0 Å². The number of amides is 1. The molecule has 2 aromatic heterocycles. The fourth-order valence-corrected chi connectivity index (χ4v) is 5.22. The Labute approximate surface area is 184 Å². The summed E-state index contributed by atoms with van der Waals surface area (Å²) in [5.41, 5.74) is 2.66. The van der Waals surface area contributed by atoms with Crippen LogP contribution in [0.3, 0.4) is 0 Å². The first-order valence-electron chi connectivity index (χ1n) is 10.1. The molecule has 0 unspecified atom stereocenters. The van der Waals surface area contributed by atoms with Crippen molar-refractivity contribution in [3.8, 4) is 0 Å². The molecule has 1 aliphatic rings. The van der Waals surface area contributed by atoms with Crippen LogP contribution in [0.25, 0.3) is 10.9 Å². The van der Waals surface area contributed by atoms with Crippen LogP contribution in [0, 0.1) is 0 Å². The maximum absolute atomic E-state index is 13.1. The van der Waals surface area contributed by atoms with Crippen LogP contribution in [-0.4, -0.2) is 49.9 Å². The molecule has 0 bridgehead atoms. The lowest BCUT2D eigenvalue weighted by Gasteiger charge is -2.22. The molecule has 2 aromatic carbocycles. The molecular weight excluding hydrogens is 430 g/mol. The standard InChI is InChI=1S/C22H21N5O4S/c1-25-21-9-18(8-7-16(21)10-23-25)32(30,31)27-12-17-11-26(13-20(17)24-27)22(29)19(14-28)15-5-3-2-4-6-15/h2-10,12,19,28H,11,13-14H2,1H3/t19-/m1/s1. The quantitative estimate of drug-likeness (QED) is 0.494. The fraction of sp³-hybridized carbons (Fsp3) is 0.227. The highest BCUT2D eigenvalue weighted by Gasteiger charge is 2.33. The molecule has 10 heteroatoms. The number of carbonyl (C=O) groups excluding carboxylic acids is 1. The Morgan fingerprint density at radius 3 is 2.66 bits per heavy atom. The van der Waals surface area contributed by atoms with Gasteiger partial charge in [-0.1, -0.05) is 30.3 Å². The average molecular weight is 452 g/mol. The minimum atomic E-state index is -3.88. The third kappa shape index (κ3) is 3.28. The highest BCUT2D eigenvalue weighted by molar-refractivity contribution is 7.89. The molecule has 9 nitrogen and oxygen atoms in total. The van der Waals surface area contributed by atoms with Crippen molar-refractivity contribution < 1.29 is 18.3 Å². The molecule has 1 N–H and O–H groups in total. The number of benzene rings is 2. The van der Waals surface area contributed by atoms with E-state index in [-0.39, 0.29) is 30.5 Å². The predicted octanol–water partition coefficient (Wildman–Crippen LogP) is 1.63. The lowest BCUT2D eigenvalue weighted by atomic mass is 9.98. The van der Waals surface area contributed by atoms with E-state index in [1.54, 1.807) is 47.1 Å². The summed E-state index contributed by atoms with van der Waals surface area (Å²) >= 11 is 0. The molecule has 0 radical (unpaired) electrons. The Hall–Kier alpha value is -3.50. The van der Waals surface area contributed by atoms with Gasteiger partial charge in [0.15, 0.2) is 0 Å². The summed E-state index contributed by atoms with van der Waals surface area (Å²) in [6.45, 7) is 0.135. The number of aliphatic hydroxyl groups is 1. The summed E-state index contributed by atoms with van der Waals surface area (Å²) < 4.78 is 28.8. The van der Waals surface area contributed by atoms with Gasteiger partial charge in [-0.2, -0.15) is 22.7 Å². The van der Waals surface area contributed by atoms with Gasteiger partial charge in [-0.3, -0.25) is 9.48 Å². The van der Waals surface area contributed by atoms with Gasteiger partial charge in [0.05, 0.1) is 41.4 Å². The minimum Gasteiger partial charge on any atom is -0.395 e. The SMILES string of the molecule is Cn1ncc2ccc(S(=O)(=O)n3cc4c(n3)CN(C(=O)[C@H](CO)c3ccccc3)C4)cc21. The molecule has 0 spiro atoms. The second-order valence-electron chi connectivity index (χ2n) is 7.81. The lowest BCUT2D eigenvalue weighted by molar-refractivity contribution is -0.134. The van der Waals surface area contributed by atoms with Gasteiger partial charge in [-0.25, -0.2) is 0 Å². The minimum absolute atomic E-state index is 0.118. The van der Waals surface area contributed by atoms with Gasteiger partial charge in [-0.15, -0.1) is 0 Å². The van der Waals surface area contributed by atoms with Crippen molar-refractivity contribution in [3.63, 3.8) is 0 Å². The number of carbonyl (C=O) groups is 1. The number of hydrogen-bond acceptors (Lipinski definition) is 6. The van der Waals surface area contributed by atoms with Crippen LogP contribution in [0.4, 0.5) is 0 Å². The number of fused-ring (bicyclic) bond motifs is 2. The van der Waals surface area contributed by atoms with Crippen molar-refractivity contribution in [2.75, 3.05) is 6.61 Å². The fourth-order valence-electron chi connectivity index (χ4n) is 4.03. The molecule has 0 saturated carbocycles. The van der Waals surface area contributed by atoms with E-state index in [4.69, 9.17) is 0 Å². The largest absolute Gasteiger partial charge is 0.395 e. The van der Waals surface area contributed by atoms with E-state index in [9.17, 15) is 18.3 Å². The topological polar surface area (TPSA) is 110 Å². The van der Waals surface area contributed by atoms with E-state index in [0.29, 0.717) is 16.8 Å². The second-order valence-corrected chi connectivity index (χ2v) is 9.60. The average Bonchev–Trinajstić information content (AvgIpc) is 3.48. The van der Waals surface area contributed by atoms with Gasteiger partial charge >= 0.3 is 0 Å². The summed E-state index contributed by atoms with van der Waals surface area (Å²) in [7, 11) is -2.13. The van der Waals surface area contributed by atoms with Crippen LogP contribution in [-0.2, 0) is 35.0 Å². The van der Waals surface area contributed by atoms with Gasteiger partial charge in [0.2, 0.25) is 5.91 Å². The molecule has 164 valence electrons. The Bertz CT molecular complexity index is 1400. The maximum Gasteiger partial charge on any atom is 0.283 e. The monoisotopic (exact) mass is 451 g/mol. The van der Waals surface area contributed by atoms with Gasteiger partial charge in [-0.05, 0) is 23.8 Å². The molecule has 0 aliphatic carbocycles. The number of rotatable bonds is 5. The van der Waals surface area contributed by atoms with Crippen LogP contribution in [0.1, 0.15) is 22.7 Å². The molecule has 1 atom stereocenters.